The van der Waals surface area contributed by atoms with E-state index in [4.69, 9.17) is 0 Å². The SMILES string of the molecule is O=C(c1ccc(N2CCCS2(=O)=O)cc1)N1CCN(Cc2nc3ccccc3c(=O)[nH]2)CC1. The molecule has 3 aromatic rings. The van der Waals surface area contributed by atoms with Gasteiger partial charge in [0.1, 0.15) is 5.82 Å². The number of sulfonamides is 1. The van der Waals surface area contributed by atoms with Crippen molar-refractivity contribution < 1.29 is 13.2 Å². The van der Waals surface area contributed by atoms with E-state index in [-0.39, 0.29) is 17.2 Å². The smallest absolute Gasteiger partial charge is 0.258 e. The first-order chi connectivity index (χ1) is 15.9. The molecule has 1 aromatic heterocycles. The summed E-state index contributed by atoms with van der Waals surface area (Å²) in [5.74, 6) is 0.717. The molecule has 0 aliphatic carbocycles. The highest BCUT2D eigenvalue weighted by Gasteiger charge is 2.29. The van der Waals surface area contributed by atoms with Gasteiger partial charge in [-0.1, -0.05) is 12.1 Å². The zero-order valence-corrected chi connectivity index (χ0v) is 18.9. The number of carbonyl (C=O) groups is 1. The monoisotopic (exact) mass is 467 g/mol. The maximum atomic E-state index is 12.9. The zero-order valence-electron chi connectivity index (χ0n) is 18.1. The Balaban J connectivity index is 1.20. The first-order valence-electron chi connectivity index (χ1n) is 11.0. The summed E-state index contributed by atoms with van der Waals surface area (Å²) >= 11 is 0. The lowest BCUT2D eigenvalue weighted by atomic mass is 10.1. The Morgan fingerprint density at radius 1 is 0.970 bits per heavy atom. The van der Waals surface area contributed by atoms with E-state index in [9.17, 15) is 18.0 Å². The number of aromatic nitrogens is 2. The third-order valence-electron chi connectivity index (χ3n) is 6.20. The van der Waals surface area contributed by atoms with Crippen molar-refractivity contribution in [1.82, 2.24) is 19.8 Å². The Morgan fingerprint density at radius 2 is 1.70 bits per heavy atom. The van der Waals surface area contributed by atoms with E-state index in [2.05, 4.69) is 14.9 Å². The van der Waals surface area contributed by atoms with Crippen molar-refractivity contribution >= 4 is 32.5 Å². The summed E-state index contributed by atoms with van der Waals surface area (Å²) in [5, 5.41) is 0.574. The molecule has 5 rings (SSSR count). The number of anilines is 1. The van der Waals surface area contributed by atoms with Crippen LogP contribution in [0.4, 0.5) is 5.69 Å². The third-order valence-corrected chi connectivity index (χ3v) is 8.07. The number of hydrogen-bond acceptors (Lipinski definition) is 6. The molecule has 0 bridgehead atoms. The molecule has 10 heteroatoms. The van der Waals surface area contributed by atoms with E-state index in [1.54, 1.807) is 35.2 Å². The number of fused-ring (bicyclic) bond motifs is 1. The number of hydrogen-bond donors (Lipinski definition) is 1. The molecular formula is C23H25N5O4S. The summed E-state index contributed by atoms with van der Waals surface area (Å²) in [6, 6.07) is 14.1. The predicted molar refractivity (Wildman–Crippen MR) is 126 cm³/mol. The molecule has 1 amide bonds. The second-order valence-electron chi connectivity index (χ2n) is 8.39. The number of rotatable bonds is 4. The molecule has 0 unspecified atom stereocenters. The second kappa shape index (κ2) is 8.60. The average Bonchev–Trinajstić information content (AvgIpc) is 3.18. The molecule has 2 aliphatic rings. The topological polar surface area (TPSA) is 107 Å². The fourth-order valence-corrected chi connectivity index (χ4v) is 5.98. The van der Waals surface area contributed by atoms with Gasteiger partial charge < -0.3 is 9.88 Å². The van der Waals surface area contributed by atoms with Gasteiger partial charge in [0.05, 0.1) is 28.9 Å². The third kappa shape index (κ3) is 4.36. The van der Waals surface area contributed by atoms with Crippen LogP contribution in [0.3, 0.4) is 0 Å². The van der Waals surface area contributed by atoms with Gasteiger partial charge in [0.25, 0.3) is 11.5 Å². The molecular weight excluding hydrogens is 442 g/mol. The quantitative estimate of drug-likeness (QED) is 0.622. The van der Waals surface area contributed by atoms with E-state index in [1.807, 2.05) is 18.2 Å². The average molecular weight is 468 g/mol. The summed E-state index contributed by atoms with van der Waals surface area (Å²) in [4.78, 5) is 36.6. The molecule has 2 aliphatic heterocycles. The molecule has 172 valence electrons. The van der Waals surface area contributed by atoms with Crippen molar-refractivity contribution in [3.8, 4) is 0 Å². The van der Waals surface area contributed by atoms with Crippen molar-refractivity contribution in [3.05, 3.63) is 70.3 Å². The fourth-order valence-electron chi connectivity index (χ4n) is 4.41. The van der Waals surface area contributed by atoms with Gasteiger partial charge in [0.15, 0.2) is 0 Å². The van der Waals surface area contributed by atoms with Crippen molar-refractivity contribution in [2.75, 3.05) is 42.8 Å². The standard InChI is InChI=1S/C23H25N5O4S/c29-22-19-4-1-2-5-20(19)24-21(25-22)16-26-11-13-27(14-12-26)23(30)17-6-8-18(9-7-17)28-10-3-15-33(28,31)32/h1-2,4-9H,3,10-16H2,(H,24,25,29). The van der Waals surface area contributed by atoms with Crippen LogP contribution >= 0.6 is 0 Å². The van der Waals surface area contributed by atoms with E-state index in [0.29, 0.717) is 73.7 Å². The van der Waals surface area contributed by atoms with E-state index >= 15 is 0 Å². The lowest BCUT2D eigenvalue weighted by Gasteiger charge is -2.34. The van der Waals surface area contributed by atoms with Gasteiger partial charge in [0.2, 0.25) is 10.0 Å². The molecule has 2 fully saturated rings. The number of para-hydroxylation sites is 1. The van der Waals surface area contributed by atoms with Crippen molar-refractivity contribution in [2.24, 2.45) is 0 Å². The van der Waals surface area contributed by atoms with Gasteiger partial charge in [-0.3, -0.25) is 18.8 Å². The summed E-state index contributed by atoms with van der Waals surface area (Å²) in [6.45, 7) is 3.48. The maximum absolute atomic E-state index is 12.9. The lowest BCUT2D eigenvalue weighted by molar-refractivity contribution is 0.0625. The molecule has 2 aromatic carbocycles. The fraction of sp³-hybridized carbons (Fsp3) is 0.348. The minimum Gasteiger partial charge on any atom is -0.336 e. The summed E-state index contributed by atoms with van der Waals surface area (Å²) in [5.41, 5.74) is 1.68. The van der Waals surface area contributed by atoms with Crippen molar-refractivity contribution in [2.45, 2.75) is 13.0 Å². The highest BCUT2D eigenvalue weighted by Crippen LogP contribution is 2.24. The first kappa shape index (κ1) is 21.6. The normalized spacial score (nSPS) is 18.7. The largest absolute Gasteiger partial charge is 0.336 e. The van der Waals surface area contributed by atoms with Crippen LogP contribution in [-0.4, -0.2) is 72.6 Å². The molecule has 33 heavy (non-hydrogen) atoms. The number of nitrogens with one attached hydrogen (secondary N) is 1. The molecule has 1 N–H and O–H groups in total. The van der Waals surface area contributed by atoms with Gasteiger partial charge in [0, 0.05) is 38.3 Å². The minimum absolute atomic E-state index is 0.0669. The molecule has 0 saturated carbocycles. The summed E-state index contributed by atoms with van der Waals surface area (Å²) in [7, 11) is -3.24. The molecule has 0 radical (unpaired) electrons. The van der Waals surface area contributed by atoms with Crippen molar-refractivity contribution in [1.29, 1.82) is 0 Å². The highest BCUT2D eigenvalue weighted by atomic mass is 32.2. The van der Waals surface area contributed by atoms with Crippen LogP contribution in [0.1, 0.15) is 22.6 Å². The van der Waals surface area contributed by atoms with Gasteiger partial charge in [-0.15, -0.1) is 0 Å². The Labute approximate surface area is 191 Å². The first-order valence-corrected chi connectivity index (χ1v) is 12.6. The van der Waals surface area contributed by atoms with Crippen LogP contribution in [0, 0.1) is 0 Å². The van der Waals surface area contributed by atoms with Crippen LogP contribution in [0.2, 0.25) is 0 Å². The molecule has 3 heterocycles. The second-order valence-corrected chi connectivity index (χ2v) is 10.4. The van der Waals surface area contributed by atoms with Crippen LogP contribution in [-0.2, 0) is 16.6 Å². The van der Waals surface area contributed by atoms with Crippen molar-refractivity contribution in [3.63, 3.8) is 0 Å². The number of benzene rings is 2. The van der Waals surface area contributed by atoms with Gasteiger partial charge in [-0.2, -0.15) is 0 Å². The number of aromatic amines is 1. The highest BCUT2D eigenvalue weighted by molar-refractivity contribution is 7.93. The molecule has 2 saturated heterocycles. The number of piperazine rings is 1. The van der Waals surface area contributed by atoms with E-state index in [1.165, 1.54) is 4.31 Å². The van der Waals surface area contributed by atoms with Crippen LogP contribution in [0.25, 0.3) is 10.9 Å². The van der Waals surface area contributed by atoms with E-state index < -0.39 is 10.0 Å². The number of H-pyrrole nitrogens is 1. The van der Waals surface area contributed by atoms with Crippen LogP contribution in [0.15, 0.2) is 53.3 Å². The predicted octanol–water partition coefficient (Wildman–Crippen LogP) is 1.42. The lowest BCUT2D eigenvalue weighted by Crippen LogP contribution is -2.48. The zero-order chi connectivity index (χ0) is 23.0. The summed E-state index contributed by atoms with van der Waals surface area (Å²) in [6.07, 6.45) is 0.621. The Kier molecular flexibility index (Phi) is 5.63. The molecule has 0 spiro atoms. The van der Waals surface area contributed by atoms with Crippen LogP contribution in [0.5, 0.6) is 0 Å². The van der Waals surface area contributed by atoms with E-state index in [0.717, 1.165) is 0 Å². The Morgan fingerprint density at radius 3 is 2.39 bits per heavy atom. The van der Waals surface area contributed by atoms with Gasteiger partial charge in [-0.25, -0.2) is 13.4 Å². The number of nitrogens with zero attached hydrogens (tertiary/aromatic N) is 4. The van der Waals surface area contributed by atoms with Gasteiger partial charge in [-0.05, 0) is 42.8 Å². The van der Waals surface area contributed by atoms with Crippen LogP contribution < -0.4 is 9.86 Å². The number of amides is 1. The summed E-state index contributed by atoms with van der Waals surface area (Å²) < 4.78 is 25.6. The molecule has 0 atom stereocenters. The maximum Gasteiger partial charge on any atom is 0.258 e. The Bertz CT molecular complexity index is 1350. The number of carbonyl (C=O) groups excluding carboxylic acids is 1. The van der Waals surface area contributed by atoms with Gasteiger partial charge >= 0.3 is 0 Å². The minimum atomic E-state index is -3.24. The Hall–Kier alpha value is -3.24. The molecule has 9 nitrogen and oxygen atoms in total.